The molecule has 0 aliphatic carbocycles. The van der Waals surface area contributed by atoms with Crippen LogP contribution in [0.15, 0.2) is 18.2 Å². The second kappa shape index (κ2) is 5.48. The van der Waals surface area contributed by atoms with Crippen molar-refractivity contribution in [3.05, 3.63) is 28.8 Å². The molecule has 0 amide bonds. The number of carbonyl (C=O) groups is 1. The largest absolute Gasteiger partial charge is 0.367 e. The van der Waals surface area contributed by atoms with E-state index in [9.17, 15) is 13.2 Å². The van der Waals surface area contributed by atoms with Crippen LogP contribution in [0.5, 0.6) is 0 Å². The second-order valence-electron chi connectivity index (χ2n) is 4.44. The summed E-state index contributed by atoms with van der Waals surface area (Å²) in [5, 5.41) is 0.511. The fraction of sp³-hybridized carbons (Fsp3) is 0.417. The van der Waals surface area contributed by atoms with Crippen LogP contribution in [-0.4, -0.2) is 51.4 Å². The number of halogens is 1. The van der Waals surface area contributed by atoms with Crippen LogP contribution in [0, 0.1) is 0 Å². The summed E-state index contributed by atoms with van der Waals surface area (Å²) < 4.78 is 24.3. The molecule has 7 heteroatoms. The molecule has 0 saturated carbocycles. The average molecular weight is 303 g/mol. The Morgan fingerprint density at radius 2 is 1.84 bits per heavy atom. The van der Waals surface area contributed by atoms with Gasteiger partial charge in [-0.15, -0.1) is 0 Å². The summed E-state index contributed by atoms with van der Waals surface area (Å²) in [7, 11) is -3.15. The predicted molar refractivity (Wildman–Crippen MR) is 75.5 cm³/mol. The number of anilines is 1. The Labute approximate surface area is 117 Å². The summed E-state index contributed by atoms with van der Waals surface area (Å²) in [4.78, 5) is 13.0. The van der Waals surface area contributed by atoms with Crippen molar-refractivity contribution in [1.29, 1.82) is 0 Å². The van der Waals surface area contributed by atoms with E-state index in [1.807, 2.05) is 4.90 Å². The lowest BCUT2D eigenvalue weighted by Gasteiger charge is -2.35. The fourth-order valence-corrected chi connectivity index (χ4v) is 3.33. The monoisotopic (exact) mass is 302 g/mol. The van der Waals surface area contributed by atoms with Gasteiger partial charge in [0, 0.05) is 31.7 Å². The zero-order valence-corrected chi connectivity index (χ0v) is 12.1. The highest BCUT2D eigenvalue weighted by atomic mass is 35.5. The quantitative estimate of drug-likeness (QED) is 0.788. The summed E-state index contributed by atoms with van der Waals surface area (Å²) in [6.07, 6.45) is 1.97. The van der Waals surface area contributed by atoms with Crippen molar-refractivity contribution >= 4 is 33.6 Å². The van der Waals surface area contributed by atoms with E-state index in [2.05, 4.69) is 0 Å². The summed E-state index contributed by atoms with van der Waals surface area (Å²) in [6, 6.07) is 5.16. The number of para-hydroxylation sites is 1. The van der Waals surface area contributed by atoms with Gasteiger partial charge in [-0.1, -0.05) is 17.7 Å². The second-order valence-corrected chi connectivity index (χ2v) is 6.83. The predicted octanol–water partition coefficient (Wildman–Crippen LogP) is 1.23. The van der Waals surface area contributed by atoms with Gasteiger partial charge in [0.15, 0.2) is 6.29 Å². The molecule has 0 unspecified atom stereocenters. The highest BCUT2D eigenvalue weighted by Crippen LogP contribution is 2.29. The molecular weight excluding hydrogens is 288 g/mol. The molecule has 0 aromatic heterocycles. The van der Waals surface area contributed by atoms with Gasteiger partial charge in [0.1, 0.15) is 0 Å². The van der Waals surface area contributed by atoms with Crippen molar-refractivity contribution in [1.82, 2.24) is 4.31 Å². The Kier molecular flexibility index (Phi) is 4.13. The third kappa shape index (κ3) is 3.08. The van der Waals surface area contributed by atoms with Gasteiger partial charge in [-0.2, -0.15) is 4.31 Å². The zero-order valence-electron chi connectivity index (χ0n) is 10.5. The van der Waals surface area contributed by atoms with Gasteiger partial charge < -0.3 is 4.90 Å². The van der Waals surface area contributed by atoms with Crippen molar-refractivity contribution in [3.63, 3.8) is 0 Å². The number of nitrogens with zero attached hydrogens (tertiary/aromatic N) is 2. The Balaban J connectivity index is 2.21. The summed E-state index contributed by atoms with van der Waals surface area (Å²) in [5.41, 5.74) is 1.22. The van der Waals surface area contributed by atoms with Gasteiger partial charge in [0.2, 0.25) is 10.0 Å². The molecule has 1 aromatic carbocycles. The van der Waals surface area contributed by atoms with Gasteiger partial charge in [-0.05, 0) is 12.1 Å². The van der Waals surface area contributed by atoms with Crippen LogP contribution in [0.4, 0.5) is 5.69 Å². The number of aldehydes is 1. The molecule has 5 nitrogen and oxygen atoms in total. The Hall–Kier alpha value is -1.11. The summed E-state index contributed by atoms with van der Waals surface area (Å²) in [5.74, 6) is 0. The van der Waals surface area contributed by atoms with Crippen LogP contribution < -0.4 is 4.90 Å². The average Bonchev–Trinajstić information content (AvgIpc) is 2.37. The number of rotatable bonds is 3. The molecule has 1 aliphatic heterocycles. The molecular formula is C12H15ClN2O3S. The molecule has 1 saturated heterocycles. The maximum absolute atomic E-state index is 11.4. The first-order valence-electron chi connectivity index (χ1n) is 5.87. The molecule has 1 aromatic rings. The lowest BCUT2D eigenvalue weighted by atomic mass is 10.1. The molecule has 1 heterocycles. The first-order valence-corrected chi connectivity index (χ1v) is 8.10. The topological polar surface area (TPSA) is 57.7 Å². The zero-order chi connectivity index (χ0) is 14.0. The van der Waals surface area contributed by atoms with Crippen LogP contribution >= 0.6 is 11.6 Å². The fourth-order valence-electron chi connectivity index (χ4n) is 2.20. The lowest BCUT2D eigenvalue weighted by molar-refractivity contribution is 0.112. The normalized spacial score (nSPS) is 17.5. The van der Waals surface area contributed by atoms with Gasteiger partial charge in [0.05, 0.1) is 17.0 Å². The first kappa shape index (κ1) is 14.3. The first-order chi connectivity index (χ1) is 8.93. The molecule has 2 rings (SSSR count). The molecule has 1 fully saturated rings. The van der Waals surface area contributed by atoms with E-state index in [4.69, 9.17) is 11.6 Å². The molecule has 19 heavy (non-hydrogen) atoms. The van der Waals surface area contributed by atoms with E-state index >= 15 is 0 Å². The number of hydrogen-bond acceptors (Lipinski definition) is 4. The SMILES string of the molecule is CS(=O)(=O)N1CCN(c2c(Cl)cccc2C=O)CC1. The smallest absolute Gasteiger partial charge is 0.211 e. The highest BCUT2D eigenvalue weighted by molar-refractivity contribution is 7.88. The molecule has 0 radical (unpaired) electrons. The van der Waals surface area contributed by atoms with Crippen LogP contribution in [0.1, 0.15) is 10.4 Å². The maximum Gasteiger partial charge on any atom is 0.211 e. The number of benzene rings is 1. The molecule has 0 atom stereocenters. The van der Waals surface area contributed by atoms with Gasteiger partial charge in [-0.25, -0.2) is 8.42 Å². The minimum Gasteiger partial charge on any atom is -0.367 e. The summed E-state index contributed by atoms with van der Waals surface area (Å²) >= 11 is 6.14. The minimum absolute atomic E-state index is 0.405. The standard InChI is InChI=1S/C12H15ClN2O3S/c1-19(17,18)15-7-5-14(6-8-15)12-10(9-16)3-2-4-11(12)13/h2-4,9H,5-8H2,1H3. The van der Waals surface area contributed by atoms with Gasteiger partial charge in [0.25, 0.3) is 0 Å². The van der Waals surface area contributed by atoms with E-state index < -0.39 is 10.0 Å². The Morgan fingerprint density at radius 3 is 2.37 bits per heavy atom. The van der Waals surface area contributed by atoms with Crippen LogP contribution in [0.2, 0.25) is 5.02 Å². The molecule has 1 aliphatic rings. The van der Waals surface area contributed by atoms with Crippen molar-refractivity contribution in [3.8, 4) is 0 Å². The van der Waals surface area contributed by atoms with Crippen molar-refractivity contribution < 1.29 is 13.2 Å². The van der Waals surface area contributed by atoms with Gasteiger partial charge in [-0.3, -0.25) is 4.79 Å². The number of piperazine rings is 1. The minimum atomic E-state index is -3.15. The van der Waals surface area contributed by atoms with E-state index in [0.717, 1.165) is 6.29 Å². The lowest BCUT2D eigenvalue weighted by Crippen LogP contribution is -2.48. The third-order valence-electron chi connectivity index (χ3n) is 3.17. The van der Waals surface area contributed by atoms with E-state index in [1.54, 1.807) is 18.2 Å². The van der Waals surface area contributed by atoms with Crippen LogP contribution in [-0.2, 0) is 10.0 Å². The van der Waals surface area contributed by atoms with E-state index in [-0.39, 0.29) is 0 Å². The van der Waals surface area contributed by atoms with Crippen LogP contribution in [0.25, 0.3) is 0 Å². The number of carbonyl (C=O) groups excluding carboxylic acids is 1. The van der Waals surface area contributed by atoms with E-state index in [0.29, 0.717) is 42.5 Å². The summed E-state index contributed by atoms with van der Waals surface area (Å²) in [6.45, 7) is 1.86. The Bertz CT molecular complexity index is 581. The van der Waals surface area contributed by atoms with Crippen molar-refractivity contribution in [2.75, 3.05) is 37.3 Å². The van der Waals surface area contributed by atoms with Crippen LogP contribution in [0.3, 0.4) is 0 Å². The molecule has 104 valence electrons. The van der Waals surface area contributed by atoms with Crippen molar-refractivity contribution in [2.45, 2.75) is 0 Å². The molecule has 0 N–H and O–H groups in total. The van der Waals surface area contributed by atoms with Crippen molar-refractivity contribution in [2.24, 2.45) is 0 Å². The number of hydrogen-bond donors (Lipinski definition) is 0. The van der Waals surface area contributed by atoms with E-state index in [1.165, 1.54) is 10.6 Å². The number of sulfonamides is 1. The molecule has 0 bridgehead atoms. The maximum atomic E-state index is 11.4. The third-order valence-corrected chi connectivity index (χ3v) is 4.78. The Morgan fingerprint density at radius 1 is 1.21 bits per heavy atom. The molecule has 0 spiro atoms. The van der Waals surface area contributed by atoms with Gasteiger partial charge >= 0.3 is 0 Å². The highest BCUT2D eigenvalue weighted by Gasteiger charge is 2.25.